The lowest BCUT2D eigenvalue weighted by Gasteiger charge is -2.05. The summed E-state index contributed by atoms with van der Waals surface area (Å²) >= 11 is 1.26. The van der Waals surface area contributed by atoms with E-state index in [9.17, 15) is 9.59 Å². The average molecular weight is 271 g/mol. The number of carbonyl (C=O) groups is 2. The molecule has 0 aromatic carbocycles. The Labute approximate surface area is 110 Å². The van der Waals surface area contributed by atoms with Crippen LogP contribution in [-0.2, 0) is 9.53 Å². The fourth-order valence-electron chi connectivity index (χ4n) is 1.43. The van der Waals surface area contributed by atoms with E-state index >= 15 is 0 Å². The van der Waals surface area contributed by atoms with E-state index in [1.807, 2.05) is 0 Å². The fraction of sp³-hybridized carbons (Fsp3) is 0.545. The first kappa shape index (κ1) is 14.4. The molecule has 0 fully saturated rings. The topological polar surface area (TPSA) is 80.3 Å². The quantitative estimate of drug-likeness (QED) is 0.600. The molecule has 1 aromatic rings. The van der Waals surface area contributed by atoms with Gasteiger partial charge in [0, 0.05) is 20.0 Å². The summed E-state index contributed by atoms with van der Waals surface area (Å²) in [5, 5.41) is 6.44. The standard InChI is InChI=1S/C11H17N3O3S/c1-7-9(11(12-2)18-14-7)10(16)13-6-4-5-8(15)17-3/h12H,4-6H2,1-3H3,(H,13,16). The van der Waals surface area contributed by atoms with E-state index in [0.29, 0.717) is 30.6 Å². The molecule has 0 bridgehead atoms. The number of methoxy groups -OCH3 is 1. The second-order valence-corrected chi connectivity index (χ2v) is 4.43. The van der Waals surface area contributed by atoms with Gasteiger partial charge in [0.25, 0.3) is 5.91 Å². The number of anilines is 1. The molecule has 2 N–H and O–H groups in total. The van der Waals surface area contributed by atoms with E-state index in [1.54, 1.807) is 14.0 Å². The number of nitrogens with zero attached hydrogens (tertiary/aromatic N) is 1. The summed E-state index contributed by atoms with van der Waals surface area (Å²) in [5.41, 5.74) is 1.27. The summed E-state index contributed by atoms with van der Waals surface area (Å²) in [6, 6.07) is 0. The number of hydrogen-bond acceptors (Lipinski definition) is 6. The van der Waals surface area contributed by atoms with E-state index in [2.05, 4.69) is 19.7 Å². The summed E-state index contributed by atoms with van der Waals surface area (Å²) in [4.78, 5) is 22.8. The summed E-state index contributed by atoms with van der Waals surface area (Å²) < 4.78 is 8.64. The molecule has 100 valence electrons. The molecule has 1 heterocycles. The van der Waals surface area contributed by atoms with E-state index < -0.39 is 0 Å². The average Bonchev–Trinajstić information content (AvgIpc) is 2.75. The zero-order valence-electron chi connectivity index (χ0n) is 10.7. The SMILES string of the molecule is CNc1snc(C)c1C(=O)NCCCC(=O)OC. The third-order valence-corrected chi connectivity index (χ3v) is 3.34. The molecule has 0 saturated heterocycles. The summed E-state index contributed by atoms with van der Waals surface area (Å²) in [7, 11) is 3.10. The van der Waals surface area contributed by atoms with Crippen LogP contribution in [0.3, 0.4) is 0 Å². The molecule has 1 amide bonds. The molecular formula is C11H17N3O3S. The van der Waals surface area contributed by atoms with Gasteiger partial charge in [-0.15, -0.1) is 0 Å². The highest BCUT2D eigenvalue weighted by Gasteiger charge is 2.17. The molecule has 0 aliphatic heterocycles. The molecule has 0 saturated carbocycles. The molecule has 6 nitrogen and oxygen atoms in total. The number of amides is 1. The van der Waals surface area contributed by atoms with Crippen LogP contribution in [0, 0.1) is 6.92 Å². The predicted octanol–water partition coefficient (Wildman–Crippen LogP) is 1.18. The van der Waals surface area contributed by atoms with Gasteiger partial charge in [-0.2, -0.15) is 4.37 Å². The first-order chi connectivity index (χ1) is 8.60. The van der Waals surface area contributed by atoms with Crippen LogP contribution in [0.5, 0.6) is 0 Å². The minimum atomic E-state index is -0.270. The van der Waals surface area contributed by atoms with Gasteiger partial charge in [0.05, 0.1) is 18.4 Å². The molecule has 0 aliphatic rings. The maximum atomic E-state index is 11.9. The van der Waals surface area contributed by atoms with Crippen molar-refractivity contribution in [3.8, 4) is 0 Å². The van der Waals surface area contributed by atoms with Gasteiger partial charge in [-0.3, -0.25) is 9.59 Å². The van der Waals surface area contributed by atoms with Crippen LogP contribution in [0.4, 0.5) is 5.00 Å². The number of hydrogen-bond donors (Lipinski definition) is 2. The van der Waals surface area contributed by atoms with Crippen molar-refractivity contribution < 1.29 is 14.3 Å². The van der Waals surface area contributed by atoms with Gasteiger partial charge >= 0.3 is 5.97 Å². The highest BCUT2D eigenvalue weighted by atomic mass is 32.1. The molecule has 0 atom stereocenters. The van der Waals surface area contributed by atoms with Gasteiger partial charge in [-0.25, -0.2) is 0 Å². The Hall–Kier alpha value is -1.63. The summed E-state index contributed by atoms with van der Waals surface area (Å²) in [6.07, 6.45) is 0.862. The van der Waals surface area contributed by atoms with Crippen molar-refractivity contribution in [1.82, 2.24) is 9.69 Å². The highest BCUT2D eigenvalue weighted by molar-refractivity contribution is 7.10. The lowest BCUT2D eigenvalue weighted by atomic mass is 10.2. The minimum absolute atomic E-state index is 0.171. The second-order valence-electron chi connectivity index (χ2n) is 3.66. The molecule has 18 heavy (non-hydrogen) atoms. The highest BCUT2D eigenvalue weighted by Crippen LogP contribution is 2.23. The van der Waals surface area contributed by atoms with Crippen LogP contribution >= 0.6 is 11.5 Å². The molecule has 0 spiro atoms. The Morgan fingerprint density at radius 3 is 2.78 bits per heavy atom. The van der Waals surface area contributed by atoms with Crippen molar-refractivity contribution >= 4 is 28.4 Å². The molecular weight excluding hydrogens is 254 g/mol. The first-order valence-electron chi connectivity index (χ1n) is 5.59. The molecule has 7 heteroatoms. The van der Waals surface area contributed by atoms with Crippen LogP contribution in [0.2, 0.25) is 0 Å². The number of carbonyl (C=O) groups excluding carboxylic acids is 2. The van der Waals surface area contributed by atoms with Crippen molar-refractivity contribution in [2.45, 2.75) is 19.8 Å². The third kappa shape index (κ3) is 3.69. The Kier molecular flexibility index (Phi) is 5.57. The zero-order valence-corrected chi connectivity index (χ0v) is 11.5. The monoisotopic (exact) mass is 271 g/mol. The Bertz CT molecular complexity index is 431. The normalized spacial score (nSPS) is 9.94. The van der Waals surface area contributed by atoms with Crippen molar-refractivity contribution in [2.24, 2.45) is 0 Å². The lowest BCUT2D eigenvalue weighted by Crippen LogP contribution is -2.25. The van der Waals surface area contributed by atoms with Crippen molar-refractivity contribution in [1.29, 1.82) is 0 Å². The van der Waals surface area contributed by atoms with Crippen molar-refractivity contribution in [3.05, 3.63) is 11.3 Å². The first-order valence-corrected chi connectivity index (χ1v) is 6.36. The Morgan fingerprint density at radius 1 is 1.44 bits per heavy atom. The molecule has 0 aliphatic carbocycles. The maximum Gasteiger partial charge on any atom is 0.305 e. The fourth-order valence-corrected chi connectivity index (χ4v) is 2.18. The second kappa shape index (κ2) is 6.95. The summed E-state index contributed by atoms with van der Waals surface area (Å²) in [6.45, 7) is 2.23. The summed E-state index contributed by atoms with van der Waals surface area (Å²) in [5.74, 6) is -0.441. The molecule has 1 aromatic heterocycles. The van der Waals surface area contributed by atoms with Crippen LogP contribution in [-0.4, -0.2) is 37.0 Å². The maximum absolute atomic E-state index is 11.9. The number of aromatic nitrogens is 1. The number of nitrogens with one attached hydrogen (secondary N) is 2. The number of esters is 1. The van der Waals surface area contributed by atoms with E-state index in [-0.39, 0.29) is 11.9 Å². The minimum Gasteiger partial charge on any atom is -0.469 e. The van der Waals surface area contributed by atoms with Gasteiger partial charge < -0.3 is 15.4 Å². The smallest absolute Gasteiger partial charge is 0.305 e. The van der Waals surface area contributed by atoms with Crippen molar-refractivity contribution in [3.63, 3.8) is 0 Å². The van der Waals surface area contributed by atoms with Crippen LogP contribution in [0.15, 0.2) is 0 Å². The number of aryl methyl sites for hydroxylation is 1. The van der Waals surface area contributed by atoms with Crippen LogP contribution in [0.1, 0.15) is 28.9 Å². The molecule has 0 unspecified atom stereocenters. The van der Waals surface area contributed by atoms with Gasteiger partial charge in [0.2, 0.25) is 0 Å². The van der Waals surface area contributed by atoms with E-state index in [0.717, 1.165) is 5.00 Å². The Balaban J connectivity index is 2.45. The van der Waals surface area contributed by atoms with Gasteiger partial charge in [0.1, 0.15) is 5.00 Å². The van der Waals surface area contributed by atoms with Gasteiger partial charge in [-0.1, -0.05) is 0 Å². The molecule has 0 radical (unpaired) electrons. The van der Waals surface area contributed by atoms with Crippen LogP contribution in [0.25, 0.3) is 0 Å². The van der Waals surface area contributed by atoms with Crippen molar-refractivity contribution in [2.75, 3.05) is 26.0 Å². The van der Waals surface area contributed by atoms with E-state index in [4.69, 9.17) is 0 Å². The van der Waals surface area contributed by atoms with Gasteiger partial charge in [-0.05, 0) is 24.9 Å². The third-order valence-electron chi connectivity index (χ3n) is 2.39. The van der Waals surface area contributed by atoms with Crippen LogP contribution < -0.4 is 10.6 Å². The molecule has 1 rings (SSSR count). The van der Waals surface area contributed by atoms with Gasteiger partial charge in [0.15, 0.2) is 0 Å². The number of ether oxygens (including phenoxy) is 1. The predicted molar refractivity (Wildman–Crippen MR) is 70.0 cm³/mol. The lowest BCUT2D eigenvalue weighted by molar-refractivity contribution is -0.140. The number of rotatable bonds is 6. The Morgan fingerprint density at radius 2 is 2.17 bits per heavy atom. The largest absolute Gasteiger partial charge is 0.469 e. The zero-order chi connectivity index (χ0) is 13.5. The van der Waals surface area contributed by atoms with E-state index in [1.165, 1.54) is 18.6 Å².